The molecule has 14 heavy (non-hydrogen) atoms. The number of hydrogen-bond acceptors (Lipinski definition) is 2. The molecule has 0 amide bonds. The van der Waals surface area contributed by atoms with Crippen LogP contribution in [0.3, 0.4) is 0 Å². The first-order valence-electron chi connectivity index (χ1n) is 4.35. The molecule has 0 aliphatic rings. The molecule has 0 spiro atoms. The second-order valence-corrected chi connectivity index (χ2v) is 3.27. The molecule has 0 atom stereocenters. The van der Waals surface area contributed by atoms with Crippen molar-refractivity contribution < 1.29 is 5.10 Å². The number of alkyl halides is 1. The number of hydrogen-bond donors (Lipinski definition) is 0. The fourth-order valence-electron chi connectivity index (χ4n) is 1.26. The summed E-state index contributed by atoms with van der Waals surface area (Å²) in [5.41, 5.74) is 0.456. The van der Waals surface area contributed by atoms with Crippen LogP contribution >= 0.6 is 11.6 Å². The van der Waals surface area contributed by atoms with Gasteiger partial charge in [0, 0.05) is 18.5 Å². The first kappa shape index (κ1) is 9.21. The van der Waals surface area contributed by atoms with Crippen molar-refractivity contribution in [1.29, 1.82) is 0 Å². The van der Waals surface area contributed by atoms with E-state index in [4.69, 9.17) is 11.6 Å². The molecule has 2 aromatic heterocycles. The van der Waals surface area contributed by atoms with Crippen molar-refractivity contribution in [3.8, 4) is 0 Å². The molecule has 2 aromatic rings. The molecule has 1 N–H and O–H groups in total. The Morgan fingerprint density at radius 2 is 2.43 bits per heavy atom. The predicted octanol–water partition coefficient (Wildman–Crippen LogP) is -0.0610. The van der Waals surface area contributed by atoms with Gasteiger partial charge in [0.1, 0.15) is 0 Å². The molecule has 0 bridgehead atoms. The molecule has 5 nitrogen and oxygen atoms in total. The van der Waals surface area contributed by atoms with Crippen LogP contribution in [0.1, 0.15) is 6.42 Å². The standard InChI is InChI=1S/C8H9ClN4O/c9-4-2-6-12-8(14)13-7(11-12)3-1-5-10-13/h1,3,5H,2,4,6H2/p+1. The van der Waals surface area contributed by atoms with Gasteiger partial charge in [0.05, 0.1) is 0 Å². The zero-order valence-corrected chi connectivity index (χ0v) is 8.24. The normalized spacial score (nSPS) is 10.9. The molecule has 74 valence electrons. The molecule has 0 unspecified atom stereocenters. The van der Waals surface area contributed by atoms with E-state index in [1.54, 1.807) is 18.3 Å². The lowest BCUT2D eigenvalue weighted by Gasteiger charge is -1.92. The van der Waals surface area contributed by atoms with Gasteiger partial charge in [0.25, 0.3) is 0 Å². The van der Waals surface area contributed by atoms with Crippen molar-refractivity contribution in [1.82, 2.24) is 14.3 Å². The third-order valence-electron chi connectivity index (χ3n) is 1.91. The summed E-state index contributed by atoms with van der Waals surface area (Å²) in [6.45, 7) is 0.553. The predicted molar refractivity (Wildman–Crippen MR) is 51.3 cm³/mol. The minimum atomic E-state index is -0.161. The Bertz CT molecular complexity index is 489. The van der Waals surface area contributed by atoms with E-state index in [0.29, 0.717) is 18.1 Å². The van der Waals surface area contributed by atoms with Crippen LogP contribution in [0.5, 0.6) is 0 Å². The van der Waals surface area contributed by atoms with Crippen molar-refractivity contribution in [3.63, 3.8) is 0 Å². The Balaban J connectivity index is 2.47. The van der Waals surface area contributed by atoms with Crippen molar-refractivity contribution in [2.75, 3.05) is 5.88 Å². The quantitative estimate of drug-likeness (QED) is 0.671. The maximum absolute atomic E-state index is 11.6. The SMILES string of the molecule is O=c1n(CCCCl)nc2ccc[nH+]n12. The van der Waals surface area contributed by atoms with E-state index in [-0.39, 0.29) is 5.69 Å². The molecule has 0 aromatic carbocycles. The van der Waals surface area contributed by atoms with E-state index in [2.05, 4.69) is 10.2 Å². The van der Waals surface area contributed by atoms with Crippen molar-refractivity contribution >= 4 is 17.2 Å². The van der Waals surface area contributed by atoms with Gasteiger partial charge in [0.2, 0.25) is 5.65 Å². The number of halogens is 1. The van der Waals surface area contributed by atoms with Crippen LogP contribution < -0.4 is 10.8 Å². The number of nitrogens with one attached hydrogen (secondary N) is 1. The second-order valence-electron chi connectivity index (χ2n) is 2.90. The third-order valence-corrected chi connectivity index (χ3v) is 2.18. The Morgan fingerprint density at radius 1 is 1.57 bits per heavy atom. The third kappa shape index (κ3) is 1.50. The van der Waals surface area contributed by atoms with Gasteiger partial charge in [0.15, 0.2) is 6.20 Å². The zero-order valence-electron chi connectivity index (χ0n) is 7.48. The van der Waals surface area contributed by atoms with E-state index in [1.165, 1.54) is 9.20 Å². The largest absolute Gasteiger partial charge is 0.400 e. The highest BCUT2D eigenvalue weighted by molar-refractivity contribution is 6.17. The van der Waals surface area contributed by atoms with Crippen LogP contribution in [0.25, 0.3) is 5.65 Å². The molecule has 2 heterocycles. The monoisotopic (exact) mass is 213 g/mol. The van der Waals surface area contributed by atoms with Crippen LogP contribution in [0.15, 0.2) is 23.1 Å². The average molecular weight is 214 g/mol. The van der Waals surface area contributed by atoms with E-state index in [1.807, 2.05) is 0 Å². The molecular weight excluding hydrogens is 204 g/mol. The van der Waals surface area contributed by atoms with Crippen molar-refractivity contribution in [2.45, 2.75) is 13.0 Å². The highest BCUT2D eigenvalue weighted by Crippen LogP contribution is 1.92. The number of rotatable bonds is 3. The molecule has 6 heteroatoms. The Labute approximate surface area is 84.9 Å². The zero-order chi connectivity index (χ0) is 9.97. The lowest BCUT2D eigenvalue weighted by Crippen LogP contribution is -2.29. The highest BCUT2D eigenvalue weighted by atomic mass is 35.5. The summed E-state index contributed by atoms with van der Waals surface area (Å²) < 4.78 is 2.81. The van der Waals surface area contributed by atoms with Crippen LogP contribution in [0, 0.1) is 0 Å². The van der Waals surface area contributed by atoms with Crippen LogP contribution in [0.4, 0.5) is 0 Å². The topological polar surface area (TPSA) is 53.4 Å². The molecule has 0 radical (unpaired) electrons. The molecule has 0 saturated carbocycles. The lowest BCUT2D eigenvalue weighted by molar-refractivity contribution is -0.472. The van der Waals surface area contributed by atoms with Crippen LogP contribution in [-0.4, -0.2) is 20.2 Å². The number of fused-ring (bicyclic) bond motifs is 1. The summed E-state index contributed by atoms with van der Waals surface area (Å²) in [6, 6.07) is 3.57. The van der Waals surface area contributed by atoms with Gasteiger partial charge in [-0.2, -0.15) is 0 Å². The average Bonchev–Trinajstić information content (AvgIpc) is 2.54. The Morgan fingerprint density at radius 3 is 3.14 bits per heavy atom. The van der Waals surface area contributed by atoms with Gasteiger partial charge in [-0.05, 0) is 17.0 Å². The van der Waals surface area contributed by atoms with Crippen LogP contribution in [0.2, 0.25) is 0 Å². The molecular formula is C8H10ClN4O+. The summed E-state index contributed by atoms with van der Waals surface area (Å²) >= 11 is 5.54. The Kier molecular flexibility index (Phi) is 2.49. The maximum Gasteiger partial charge on any atom is 0.400 e. The molecule has 0 saturated heterocycles. The van der Waals surface area contributed by atoms with Gasteiger partial charge in [-0.3, -0.25) is 0 Å². The summed E-state index contributed by atoms with van der Waals surface area (Å²) in [5.74, 6) is 0.532. The fourth-order valence-corrected chi connectivity index (χ4v) is 1.38. The van der Waals surface area contributed by atoms with E-state index in [9.17, 15) is 4.79 Å². The number of nitrogens with zero attached hydrogens (tertiary/aromatic N) is 3. The second kappa shape index (κ2) is 3.79. The number of aromatic amines is 1. The summed E-state index contributed by atoms with van der Waals surface area (Å²) in [4.78, 5) is 11.6. The van der Waals surface area contributed by atoms with Gasteiger partial charge < -0.3 is 0 Å². The van der Waals surface area contributed by atoms with Gasteiger partial charge in [-0.25, -0.2) is 9.48 Å². The first-order chi connectivity index (χ1) is 6.83. The van der Waals surface area contributed by atoms with Crippen LogP contribution in [-0.2, 0) is 6.54 Å². The van der Waals surface area contributed by atoms with E-state index < -0.39 is 0 Å². The highest BCUT2D eigenvalue weighted by Gasteiger charge is 2.08. The van der Waals surface area contributed by atoms with E-state index in [0.717, 1.165) is 6.42 Å². The van der Waals surface area contributed by atoms with E-state index >= 15 is 0 Å². The number of aromatic nitrogens is 4. The fraction of sp³-hybridized carbons (Fsp3) is 0.375. The minimum absolute atomic E-state index is 0.161. The van der Waals surface area contributed by atoms with Gasteiger partial charge >= 0.3 is 5.69 Å². The maximum atomic E-state index is 11.6. The molecule has 2 rings (SSSR count). The summed E-state index contributed by atoms with van der Waals surface area (Å²) in [7, 11) is 0. The summed E-state index contributed by atoms with van der Waals surface area (Å²) in [5, 5.41) is 6.93. The molecule has 0 fully saturated rings. The number of H-pyrrole nitrogens is 1. The Hall–Kier alpha value is -1.36. The van der Waals surface area contributed by atoms with Gasteiger partial charge in [-0.15, -0.1) is 21.8 Å². The molecule has 0 aliphatic heterocycles. The summed E-state index contributed by atoms with van der Waals surface area (Å²) in [6.07, 6.45) is 2.42. The number of aryl methyl sites for hydroxylation is 1. The van der Waals surface area contributed by atoms with Gasteiger partial charge in [-0.1, -0.05) is 0 Å². The smallest absolute Gasteiger partial charge is 0.240 e. The lowest BCUT2D eigenvalue weighted by atomic mass is 10.5. The first-order valence-corrected chi connectivity index (χ1v) is 4.88. The van der Waals surface area contributed by atoms with Crippen molar-refractivity contribution in [2.24, 2.45) is 0 Å². The van der Waals surface area contributed by atoms with Crippen molar-refractivity contribution in [3.05, 3.63) is 28.8 Å². The molecule has 0 aliphatic carbocycles. The minimum Gasteiger partial charge on any atom is -0.240 e.